The molecule has 1 unspecified atom stereocenters. The molecule has 0 bridgehead atoms. The Morgan fingerprint density at radius 2 is 1.84 bits per heavy atom. The van der Waals surface area contributed by atoms with Gasteiger partial charge < -0.3 is 10.5 Å². The van der Waals surface area contributed by atoms with Gasteiger partial charge >= 0.3 is 0 Å². The third-order valence-electron chi connectivity index (χ3n) is 3.28. The first-order valence-corrected chi connectivity index (χ1v) is 7.27. The first-order chi connectivity index (χ1) is 8.93. The Labute approximate surface area is 123 Å². The summed E-state index contributed by atoms with van der Waals surface area (Å²) >= 11 is 3.64. The summed E-state index contributed by atoms with van der Waals surface area (Å²) in [5.74, 6) is 0.851. The van der Waals surface area contributed by atoms with Gasteiger partial charge in [0.25, 0.3) is 0 Å². The van der Waals surface area contributed by atoms with E-state index in [-0.39, 0.29) is 11.5 Å². The standard InChI is InChI=1S/C16H20BrNO/c1-16(2,3)14(10-18)19-13-9-8-11-6-4-5-7-12(11)15(13)17/h4-9,14H,10,18H2,1-3H3. The minimum Gasteiger partial charge on any atom is -0.487 e. The molecule has 0 aliphatic rings. The van der Waals surface area contributed by atoms with E-state index in [9.17, 15) is 0 Å². The fraction of sp³-hybridized carbons (Fsp3) is 0.375. The molecule has 1 atom stereocenters. The van der Waals surface area contributed by atoms with Crippen LogP contribution < -0.4 is 10.5 Å². The quantitative estimate of drug-likeness (QED) is 0.911. The zero-order valence-corrected chi connectivity index (χ0v) is 13.2. The predicted molar refractivity (Wildman–Crippen MR) is 84.6 cm³/mol. The topological polar surface area (TPSA) is 35.2 Å². The second-order valence-electron chi connectivity index (χ2n) is 5.81. The first kappa shape index (κ1) is 14.4. The summed E-state index contributed by atoms with van der Waals surface area (Å²) in [7, 11) is 0. The average molecular weight is 322 g/mol. The molecule has 2 aromatic carbocycles. The lowest BCUT2D eigenvalue weighted by Gasteiger charge is -2.30. The highest BCUT2D eigenvalue weighted by molar-refractivity contribution is 9.10. The Bertz CT molecular complexity index is 574. The summed E-state index contributed by atoms with van der Waals surface area (Å²) < 4.78 is 7.09. The summed E-state index contributed by atoms with van der Waals surface area (Å²) in [6.07, 6.45) is -0.00929. The molecule has 19 heavy (non-hydrogen) atoms. The van der Waals surface area contributed by atoms with Crippen molar-refractivity contribution in [3.63, 3.8) is 0 Å². The van der Waals surface area contributed by atoms with Gasteiger partial charge in [-0.1, -0.05) is 51.1 Å². The zero-order chi connectivity index (χ0) is 14.0. The van der Waals surface area contributed by atoms with E-state index in [1.165, 1.54) is 5.39 Å². The molecule has 0 saturated carbocycles. The highest BCUT2D eigenvalue weighted by Crippen LogP contribution is 2.35. The number of halogens is 1. The highest BCUT2D eigenvalue weighted by Gasteiger charge is 2.25. The summed E-state index contributed by atoms with van der Waals surface area (Å²) in [5, 5.41) is 2.35. The van der Waals surface area contributed by atoms with E-state index < -0.39 is 0 Å². The van der Waals surface area contributed by atoms with Crippen LogP contribution in [0.15, 0.2) is 40.9 Å². The SMILES string of the molecule is CC(C)(C)C(CN)Oc1ccc2ccccc2c1Br. The minimum atomic E-state index is -0.00929. The molecule has 0 aliphatic heterocycles. The van der Waals surface area contributed by atoms with Crippen molar-refractivity contribution in [3.05, 3.63) is 40.9 Å². The van der Waals surface area contributed by atoms with Crippen molar-refractivity contribution in [2.24, 2.45) is 11.1 Å². The monoisotopic (exact) mass is 321 g/mol. The lowest BCUT2D eigenvalue weighted by Crippen LogP contribution is -2.38. The van der Waals surface area contributed by atoms with E-state index in [1.54, 1.807) is 0 Å². The van der Waals surface area contributed by atoms with Gasteiger partial charge in [-0.15, -0.1) is 0 Å². The Morgan fingerprint density at radius 3 is 2.47 bits per heavy atom. The maximum absolute atomic E-state index is 6.10. The Hall–Kier alpha value is -1.06. The fourth-order valence-electron chi connectivity index (χ4n) is 2.04. The molecule has 2 aromatic rings. The van der Waals surface area contributed by atoms with Crippen LogP contribution in [0.3, 0.4) is 0 Å². The van der Waals surface area contributed by atoms with Crippen LogP contribution >= 0.6 is 15.9 Å². The number of hydrogen-bond acceptors (Lipinski definition) is 2. The number of ether oxygens (including phenoxy) is 1. The van der Waals surface area contributed by atoms with Crippen molar-refractivity contribution in [1.82, 2.24) is 0 Å². The molecule has 2 rings (SSSR count). The molecule has 0 radical (unpaired) electrons. The molecule has 3 heteroatoms. The predicted octanol–water partition coefficient (Wildman–Crippen LogP) is 4.35. The van der Waals surface area contributed by atoms with Crippen LogP contribution in [0.1, 0.15) is 20.8 Å². The van der Waals surface area contributed by atoms with Gasteiger partial charge in [-0.25, -0.2) is 0 Å². The van der Waals surface area contributed by atoms with Gasteiger partial charge in [-0.3, -0.25) is 0 Å². The molecule has 0 saturated heterocycles. The molecule has 0 aliphatic carbocycles. The Morgan fingerprint density at radius 1 is 1.16 bits per heavy atom. The lowest BCUT2D eigenvalue weighted by atomic mass is 9.89. The van der Waals surface area contributed by atoms with Gasteiger partial charge in [-0.05, 0) is 32.8 Å². The van der Waals surface area contributed by atoms with Crippen LogP contribution in [-0.2, 0) is 0 Å². The summed E-state index contributed by atoms with van der Waals surface area (Å²) in [6, 6.07) is 12.3. The number of nitrogens with two attached hydrogens (primary N) is 1. The smallest absolute Gasteiger partial charge is 0.134 e. The minimum absolute atomic E-state index is 0.00929. The molecular formula is C16H20BrNO. The molecule has 0 aromatic heterocycles. The van der Waals surface area contributed by atoms with Crippen molar-refractivity contribution in [2.45, 2.75) is 26.9 Å². The maximum Gasteiger partial charge on any atom is 0.134 e. The van der Waals surface area contributed by atoms with Gasteiger partial charge in [0.05, 0.1) is 4.47 Å². The van der Waals surface area contributed by atoms with E-state index in [0.717, 1.165) is 15.6 Å². The van der Waals surface area contributed by atoms with Crippen LogP contribution in [0.4, 0.5) is 0 Å². The van der Waals surface area contributed by atoms with Crippen molar-refractivity contribution >= 4 is 26.7 Å². The fourth-order valence-corrected chi connectivity index (χ4v) is 2.62. The Kier molecular flexibility index (Phi) is 4.16. The van der Waals surface area contributed by atoms with E-state index in [0.29, 0.717) is 6.54 Å². The third-order valence-corrected chi connectivity index (χ3v) is 4.10. The van der Waals surface area contributed by atoms with Gasteiger partial charge in [0, 0.05) is 12.0 Å². The maximum atomic E-state index is 6.10. The average Bonchev–Trinajstić information content (AvgIpc) is 2.37. The summed E-state index contributed by atoms with van der Waals surface area (Å²) in [6.45, 7) is 6.92. The van der Waals surface area contributed by atoms with Crippen molar-refractivity contribution in [3.8, 4) is 5.75 Å². The van der Waals surface area contributed by atoms with Crippen molar-refractivity contribution in [1.29, 1.82) is 0 Å². The summed E-state index contributed by atoms with van der Waals surface area (Å²) in [4.78, 5) is 0. The van der Waals surface area contributed by atoms with E-state index in [1.807, 2.05) is 18.2 Å². The molecule has 0 fully saturated rings. The van der Waals surface area contributed by atoms with E-state index in [4.69, 9.17) is 10.5 Å². The second-order valence-corrected chi connectivity index (χ2v) is 6.60. The molecule has 0 spiro atoms. The van der Waals surface area contributed by atoms with Crippen LogP contribution in [0, 0.1) is 5.41 Å². The largest absolute Gasteiger partial charge is 0.487 e. The van der Waals surface area contributed by atoms with E-state index >= 15 is 0 Å². The molecule has 2 N–H and O–H groups in total. The van der Waals surface area contributed by atoms with E-state index in [2.05, 4.69) is 54.9 Å². The lowest BCUT2D eigenvalue weighted by molar-refractivity contribution is 0.0936. The van der Waals surface area contributed by atoms with Crippen molar-refractivity contribution in [2.75, 3.05) is 6.54 Å². The molecular weight excluding hydrogens is 302 g/mol. The van der Waals surface area contributed by atoms with Crippen molar-refractivity contribution < 1.29 is 4.74 Å². The molecule has 2 nitrogen and oxygen atoms in total. The highest BCUT2D eigenvalue weighted by atomic mass is 79.9. The van der Waals surface area contributed by atoms with Crippen LogP contribution in [-0.4, -0.2) is 12.6 Å². The number of hydrogen-bond donors (Lipinski definition) is 1. The second kappa shape index (κ2) is 5.51. The number of rotatable bonds is 3. The summed E-state index contributed by atoms with van der Waals surface area (Å²) in [5.41, 5.74) is 5.84. The van der Waals surface area contributed by atoms with Gasteiger partial charge in [0.1, 0.15) is 11.9 Å². The molecule has 0 heterocycles. The third kappa shape index (κ3) is 3.10. The number of benzene rings is 2. The van der Waals surface area contributed by atoms with Crippen LogP contribution in [0.5, 0.6) is 5.75 Å². The van der Waals surface area contributed by atoms with Crippen LogP contribution in [0.25, 0.3) is 10.8 Å². The molecule has 0 amide bonds. The Balaban J connectivity index is 2.38. The first-order valence-electron chi connectivity index (χ1n) is 6.47. The van der Waals surface area contributed by atoms with Gasteiger partial charge in [0.15, 0.2) is 0 Å². The molecule has 102 valence electrons. The number of fused-ring (bicyclic) bond motifs is 1. The zero-order valence-electron chi connectivity index (χ0n) is 11.6. The van der Waals surface area contributed by atoms with Crippen LogP contribution in [0.2, 0.25) is 0 Å². The van der Waals surface area contributed by atoms with Gasteiger partial charge in [0.2, 0.25) is 0 Å². The van der Waals surface area contributed by atoms with Gasteiger partial charge in [-0.2, -0.15) is 0 Å². The normalized spacial score (nSPS) is 13.5.